The average Bonchev–Trinajstić information content (AvgIpc) is 2.84. The van der Waals surface area contributed by atoms with Gasteiger partial charge in [-0.3, -0.25) is 14.5 Å². The molecule has 3 rings (SSSR count). The molecule has 27 heavy (non-hydrogen) atoms. The number of hydrogen-bond acceptors (Lipinski definition) is 4. The first-order valence-electron chi connectivity index (χ1n) is 10.1. The molecule has 0 spiro atoms. The molecule has 0 bridgehead atoms. The monoisotopic (exact) mass is 373 g/mol. The van der Waals surface area contributed by atoms with Crippen LogP contribution in [0.5, 0.6) is 5.75 Å². The fourth-order valence-corrected chi connectivity index (χ4v) is 3.82. The highest BCUT2D eigenvalue weighted by Gasteiger charge is 2.27. The van der Waals surface area contributed by atoms with Crippen molar-refractivity contribution in [2.24, 2.45) is 0 Å². The van der Waals surface area contributed by atoms with Crippen molar-refractivity contribution in [3.05, 3.63) is 29.8 Å². The molecule has 0 radical (unpaired) electrons. The SMILES string of the molecule is CCCCC1CN(CC(=O)N2CCN(C(C)=O)CC2)Cc2ccccc2O1. The van der Waals surface area contributed by atoms with Gasteiger partial charge in [-0.1, -0.05) is 31.5 Å². The van der Waals surface area contributed by atoms with E-state index in [4.69, 9.17) is 4.74 Å². The molecule has 2 heterocycles. The zero-order valence-electron chi connectivity index (χ0n) is 16.5. The van der Waals surface area contributed by atoms with Gasteiger partial charge in [0.15, 0.2) is 0 Å². The van der Waals surface area contributed by atoms with E-state index in [0.717, 1.165) is 43.7 Å². The summed E-state index contributed by atoms with van der Waals surface area (Å²) in [6, 6.07) is 8.14. The van der Waals surface area contributed by atoms with Gasteiger partial charge in [0, 0.05) is 51.8 Å². The van der Waals surface area contributed by atoms with E-state index in [1.807, 2.05) is 23.1 Å². The lowest BCUT2D eigenvalue weighted by molar-refractivity contribution is -0.139. The van der Waals surface area contributed by atoms with Crippen molar-refractivity contribution in [1.82, 2.24) is 14.7 Å². The van der Waals surface area contributed by atoms with Gasteiger partial charge in [-0.05, 0) is 18.9 Å². The van der Waals surface area contributed by atoms with Crippen molar-refractivity contribution in [1.29, 1.82) is 0 Å². The van der Waals surface area contributed by atoms with Gasteiger partial charge in [-0.25, -0.2) is 0 Å². The lowest BCUT2D eigenvalue weighted by atomic mass is 10.1. The first kappa shape index (κ1) is 19.7. The molecule has 6 heteroatoms. The fraction of sp³-hybridized carbons (Fsp3) is 0.619. The fourth-order valence-electron chi connectivity index (χ4n) is 3.82. The van der Waals surface area contributed by atoms with E-state index in [1.165, 1.54) is 0 Å². The van der Waals surface area contributed by atoms with Crippen molar-refractivity contribution in [3.63, 3.8) is 0 Å². The summed E-state index contributed by atoms with van der Waals surface area (Å²) in [7, 11) is 0. The number of nitrogens with zero attached hydrogens (tertiary/aromatic N) is 3. The van der Waals surface area contributed by atoms with E-state index < -0.39 is 0 Å². The lowest BCUT2D eigenvalue weighted by Gasteiger charge is -2.35. The van der Waals surface area contributed by atoms with E-state index in [1.54, 1.807) is 11.8 Å². The predicted octanol–water partition coefficient (Wildman–Crippen LogP) is 2.13. The second-order valence-electron chi connectivity index (χ2n) is 7.55. The number of carbonyl (C=O) groups excluding carboxylic acids is 2. The highest BCUT2D eigenvalue weighted by atomic mass is 16.5. The van der Waals surface area contributed by atoms with Crippen LogP contribution in [0, 0.1) is 0 Å². The highest BCUT2D eigenvalue weighted by Crippen LogP contribution is 2.26. The maximum Gasteiger partial charge on any atom is 0.236 e. The van der Waals surface area contributed by atoms with E-state index in [0.29, 0.717) is 32.7 Å². The van der Waals surface area contributed by atoms with Crippen molar-refractivity contribution >= 4 is 11.8 Å². The van der Waals surface area contributed by atoms with Crippen molar-refractivity contribution in [2.45, 2.75) is 45.8 Å². The molecule has 0 saturated carbocycles. The molecule has 1 atom stereocenters. The summed E-state index contributed by atoms with van der Waals surface area (Å²) in [6.45, 7) is 8.19. The average molecular weight is 373 g/mol. The summed E-state index contributed by atoms with van der Waals surface area (Å²) >= 11 is 0. The molecule has 1 saturated heterocycles. The van der Waals surface area contributed by atoms with Crippen LogP contribution in [-0.2, 0) is 16.1 Å². The van der Waals surface area contributed by atoms with Crippen LogP contribution in [-0.4, -0.2) is 71.9 Å². The number of para-hydroxylation sites is 1. The summed E-state index contributed by atoms with van der Waals surface area (Å²) in [4.78, 5) is 30.2. The molecular formula is C21H31N3O3. The van der Waals surface area contributed by atoms with E-state index in [2.05, 4.69) is 17.9 Å². The highest BCUT2D eigenvalue weighted by molar-refractivity contribution is 5.79. The third-order valence-electron chi connectivity index (χ3n) is 5.44. The van der Waals surface area contributed by atoms with Gasteiger partial charge < -0.3 is 14.5 Å². The van der Waals surface area contributed by atoms with E-state index in [9.17, 15) is 9.59 Å². The Balaban J connectivity index is 1.62. The van der Waals surface area contributed by atoms with Crippen LogP contribution >= 0.6 is 0 Å². The first-order valence-corrected chi connectivity index (χ1v) is 10.1. The van der Waals surface area contributed by atoms with Crippen LogP contribution < -0.4 is 4.74 Å². The van der Waals surface area contributed by atoms with E-state index in [-0.39, 0.29) is 17.9 Å². The summed E-state index contributed by atoms with van der Waals surface area (Å²) < 4.78 is 6.25. The number of hydrogen-bond donors (Lipinski definition) is 0. The molecule has 0 aliphatic carbocycles. The Labute approximate surface area is 162 Å². The largest absolute Gasteiger partial charge is 0.489 e. The quantitative estimate of drug-likeness (QED) is 0.793. The summed E-state index contributed by atoms with van der Waals surface area (Å²) in [5, 5.41) is 0. The Bertz CT molecular complexity index is 656. The Hall–Kier alpha value is -2.08. The Morgan fingerprint density at radius 2 is 1.81 bits per heavy atom. The zero-order chi connectivity index (χ0) is 19.2. The van der Waals surface area contributed by atoms with E-state index >= 15 is 0 Å². The van der Waals surface area contributed by atoms with Crippen molar-refractivity contribution in [2.75, 3.05) is 39.3 Å². The van der Waals surface area contributed by atoms with Crippen LogP contribution in [0.2, 0.25) is 0 Å². The third-order valence-corrected chi connectivity index (χ3v) is 5.44. The third kappa shape index (κ3) is 5.22. The number of unbranched alkanes of at least 4 members (excludes halogenated alkanes) is 1. The molecule has 6 nitrogen and oxygen atoms in total. The van der Waals surface area contributed by atoms with Crippen LogP contribution in [0.15, 0.2) is 24.3 Å². The molecule has 1 unspecified atom stereocenters. The second kappa shape index (κ2) is 9.22. The molecule has 1 fully saturated rings. The van der Waals surface area contributed by atoms with Gasteiger partial charge in [0.05, 0.1) is 6.54 Å². The van der Waals surface area contributed by atoms with Crippen molar-refractivity contribution < 1.29 is 14.3 Å². The molecule has 0 N–H and O–H groups in total. The van der Waals surface area contributed by atoms with Crippen LogP contribution in [0.4, 0.5) is 0 Å². The molecule has 2 aliphatic rings. The standard InChI is InChI=1S/C21H31N3O3/c1-3-4-8-19-15-22(14-18-7-5-6-9-20(18)27-19)16-21(26)24-12-10-23(11-13-24)17(2)25/h5-7,9,19H,3-4,8,10-16H2,1-2H3. The number of piperazine rings is 1. The number of rotatable bonds is 5. The smallest absolute Gasteiger partial charge is 0.236 e. The van der Waals surface area contributed by atoms with Gasteiger partial charge in [-0.2, -0.15) is 0 Å². The molecular weight excluding hydrogens is 342 g/mol. The summed E-state index contributed by atoms with van der Waals surface area (Å²) in [6.07, 6.45) is 3.39. The number of amides is 2. The maximum atomic E-state index is 12.8. The lowest BCUT2D eigenvalue weighted by Crippen LogP contribution is -2.52. The predicted molar refractivity (Wildman–Crippen MR) is 104 cm³/mol. The Kier molecular flexibility index (Phi) is 6.72. The topological polar surface area (TPSA) is 53.1 Å². The van der Waals surface area contributed by atoms with Crippen LogP contribution in [0.25, 0.3) is 0 Å². The maximum absolute atomic E-state index is 12.8. The Morgan fingerprint density at radius 3 is 2.52 bits per heavy atom. The minimum atomic E-state index is 0.0853. The number of carbonyl (C=O) groups is 2. The van der Waals surface area contributed by atoms with Gasteiger partial charge >= 0.3 is 0 Å². The van der Waals surface area contributed by atoms with Gasteiger partial charge in [0.25, 0.3) is 0 Å². The number of ether oxygens (including phenoxy) is 1. The first-order chi connectivity index (χ1) is 13.1. The van der Waals surface area contributed by atoms with Gasteiger partial charge in [0.2, 0.25) is 11.8 Å². The number of fused-ring (bicyclic) bond motifs is 1. The zero-order valence-corrected chi connectivity index (χ0v) is 16.5. The second-order valence-corrected chi connectivity index (χ2v) is 7.55. The van der Waals surface area contributed by atoms with Gasteiger partial charge in [0.1, 0.15) is 11.9 Å². The normalized spacial score (nSPS) is 20.6. The summed E-state index contributed by atoms with van der Waals surface area (Å²) in [5.74, 6) is 1.18. The molecule has 2 amide bonds. The van der Waals surface area contributed by atoms with Crippen LogP contribution in [0.1, 0.15) is 38.7 Å². The van der Waals surface area contributed by atoms with Crippen LogP contribution in [0.3, 0.4) is 0 Å². The molecule has 0 aromatic heterocycles. The Morgan fingerprint density at radius 1 is 1.11 bits per heavy atom. The number of benzene rings is 1. The van der Waals surface area contributed by atoms with Crippen molar-refractivity contribution in [3.8, 4) is 5.75 Å². The minimum absolute atomic E-state index is 0.0853. The molecule has 1 aromatic rings. The van der Waals surface area contributed by atoms with Gasteiger partial charge in [-0.15, -0.1) is 0 Å². The minimum Gasteiger partial charge on any atom is -0.489 e. The molecule has 1 aromatic carbocycles. The summed E-state index contributed by atoms with van der Waals surface area (Å²) in [5.41, 5.74) is 1.14. The molecule has 148 valence electrons. The molecule has 2 aliphatic heterocycles.